The fourth-order valence-corrected chi connectivity index (χ4v) is 1.89. The summed E-state index contributed by atoms with van der Waals surface area (Å²) in [7, 11) is 0. The van der Waals surface area contributed by atoms with Gasteiger partial charge in [-0.05, 0) is 19.1 Å². The fraction of sp³-hybridized carbons (Fsp3) is 0.308. The molecule has 0 aliphatic carbocycles. The van der Waals surface area contributed by atoms with Crippen LogP contribution in [-0.4, -0.2) is 47.0 Å². The van der Waals surface area contributed by atoms with E-state index in [0.717, 1.165) is 4.90 Å². The van der Waals surface area contributed by atoms with Gasteiger partial charge in [0.25, 0.3) is 11.8 Å². The number of imide groups is 1. The largest absolute Gasteiger partial charge is 0.464 e. The number of fused-ring (bicyclic) bond motifs is 1. The van der Waals surface area contributed by atoms with E-state index in [-0.39, 0.29) is 17.7 Å². The highest BCUT2D eigenvalue weighted by Gasteiger charge is 2.37. The van der Waals surface area contributed by atoms with Gasteiger partial charge in [0.1, 0.15) is 0 Å². The second kappa shape index (κ2) is 5.19. The zero-order valence-electron chi connectivity index (χ0n) is 10.3. The van der Waals surface area contributed by atoms with Crippen LogP contribution in [-0.2, 0) is 9.53 Å². The summed E-state index contributed by atoms with van der Waals surface area (Å²) in [6.45, 7) is 1.33. The number of amides is 2. The van der Waals surface area contributed by atoms with E-state index in [0.29, 0.717) is 0 Å². The normalized spacial score (nSPS) is 15.4. The molecule has 100 valence electrons. The Balaban J connectivity index is 2.14. The van der Waals surface area contributed by atoms with Crippen molar-refractivity contribution in [2.75, 3.05) is 13.2 Å². The van der Waals surface area contributed by atoms with Gasteiger partial charge in [-0.15, -0.1) is 0 Å². The Bertz CT molecular complexity index is 505. The van der Waals surface area contributed by atoms with E-state index >= 15 is 0 Å². The van der Waals surface area contributed by atoms with Crippen molar-refractivity contribution in [2.24, 2.45) is 0 Å². The number of carbonyl (C=O) groups excluding carboxylic acids is 3. The number of ether oxygens (including phenoxy) is 1. The molecule has 2 rings (SSSR count). The van der Waals surface area contributed by atoms with Crippen LogP contribution >= 0.6 is 0 Å². The quantitative estimate of drug-likeness (QED) is 0.620. The molecule has 1 atom stereocenters. The Morgan fingerprint density at radius 3 is 2.26 bits per heavy atom. The van der Waals surface area contributed by atoms with Crippen molar-refractivity contribution in [3.05, 3.63) is 35.4 Å². The first-order valence-corrected chi connectivity index (χ1v) is 5.86. The second-order valence-electron chi connectivity index (χ2n) is 4.03. The number of aliphatic hydroxyl groups is 1. The Labute approximate surface area is 109 Å². The van der Waals surface area contributed by atoms with Crippen molar-refractivity contribution >= 4 is 17.8 Å². The van der Waals surface area contributed by atoms with Crippen LogP contribution in [0.25, 0.3) is 0 Å². The monoisotopic (exact) mass is 263 g/mol. The lowest BCUT2D eigenvalue weighted by molar-refractivity contribution is -0.153. The van der Waals surface area contributed by atoms with E-state index in [1.165, 1.54) is 12.1 Å². The van der Waals surface area contributed by atoms with Crippen LogP contribution in [0, 0.1) is 0 Å². The van der Waals surface area contributed by atoms with Crippen LogP contribution in [0.1, 0.15) is 27.6 Å². The molecule has 0 radical (unpaired) electrons. The zero-order valence-corrected chi connectivity index (χ0v) is 10.3. The van der Waals surface area contributed by atoms with E-state index in [1.54, 1.807) is 19.1 Å². The maximum Gasteiger partial charge on any atom is 0.336 e. The predicted molar refractivity (Wildman–Crippen MR) is 64.4 cm³/mol. The van der Waals surface area contributed by atoms with Gasteiger partial charge in [0.15, 0.2) is 6.10 Å². The molecule has 1 aliphatic heterocycles. The SMILES string of the molecule is CCOC(=O)[C@@H](O)CN1C(=O)c2ccccc2C1=O. The standard InChI is InChI=1S/C13H13NO5/c1-2-19-13(18)10(15)7-14-11(16)8-5-3-4-6-9(8)12(14)17/h3-6,10,15H,2,7H2,1H3/t10-/m0/s1. The molecule has 0 saturated carbocycles. The number of hydrogen-bond acceptors (Lipinski definition) is 5. The van der Waals surface area contributed by atoms with Crippen molar-refractivity contribution in [3.63, 3.8) is 0 Å². The van der Waals surface area contributed by atoms with E-state index in [2.05, 4.69) is 4.74 Å². The van der Waals surface area contributed by atoms with Gasteiger partial charge >= 0.3 is 5.97 Å². The number of esters is 1. The average Bonchev–Trinajstić information content (AvgIpc) is 2.65. The van der Waals surface area contributed by atoms with Gasteiger partial charge in [0.2, 0.25) is 0 Å². The molecule has 0 unspecified atom stereocenters. The highest BCUT2D eigenvalue weighted by Crippen LogP contribution is 2.22. The number of aliphatic hydroxyl groups excluding tert-OH is 1. The highest BCUT2D eigenvalue weighted by molar-refractivity contribution is 6.21. The van der Waals surface area contributed by atoms with Gasteiger partial charge in [0, 0.05) is 0 Å². The maximum atomic E-state index is 12.0. The van der Waals surface area contributed by atoms with Gasteiger partial charge < -0.3 is 9.84 Å². The van der Waals surface area contributed by atoms with Crippen LogP contribution < -0.4 is 0 Å². The molecule has 0 fully saturated rings. The van der Waals surface area contributed by atoms with Crippen molar-refractivity contribution in [1.82, 2.24) is 4.90 Å². The van der Waals surface area contributed by atoms with Crippen LogP contribution in [0.15, 0.2) is 24.3 Å². The minimum Gasteiger partial charge on any atom is -0.464 e. The lowest BCUT2D eigenvalue weighted by Gasteiger charge is -2.17. The number of β-amino-alcohol motifs (C(OH)–C–C–N with tert-alkyl or cyclic N) is 1. The van der Waals surface area contributed by atoms with E-state index in [1.807, 2.05) is 0 Å². The first-order chi connectivity index (χ1) is 9.06. The Morgan fingerprint density at radius 2 is 1.79 bits per heavy atom. The second-order valence-corrected chi connectivity index (χ2v) is 4.03. The molecule has 6 nitrogen and oxygen atoms in total. The molecule has 0 bridgehead atoms. The van der Waals surface area contributed by atoms with Crippen LogP contribution in [0.5, 0.6) is 0 Å². The molecule has 1 aliphatic rings. The van der Waals surface area contributed by atoms with Crippen molar-refractivity contribution in [3.8, 4) is 0 Å². The fourth-order valence-electron chi connectivity index (χ4n) is 1.89. The topological polar surface area (TPSA) is 83.9 Å². The third kappa shape index (κ3) is 2.34. The molecule has 0 saturated heterocycles. The average molecular weight is 263 g/mol. The first-order valence-electron chi connectivity index (χ1n) is 5.86. The first kappa shape index (κ1) is 13.2. The number of nitrogens with zero attached hydrogens (tertiary/aromatic N) is 1. The smallest absolute Gasteiger partial charge is 0.336 e. The zero-order chi connectivity index (χ0) is 14.0. The summed E-state index contributed by atoms with van der Waals surface area (Å²) in [5.74, 6) is -1.87. The molecule has 1 aromatic rings. The molecule has 2 amide bonds. The van der Waals surface area contributed by atoms with Gasteiger partial charge in [0.05, 0.1) is 24.3 Å². The lowest BCUT2D eigenvalue weighted by atomic mass is 10.1. The summed E-state index contributed by atoms with van der Waals surface area (Å²) in [4.78, 5) is 36.1. The lowest BCUT2D eigenvalue weighted by Crippen LogP contribution is -2.41. The Kier molecular flexibility index (Phi) is 3.62. The molecule has 19 heavy (non-hydrogen) atoms. The molecule has 1 heterocycles. The van der Waals surface area contributed by atoms with Gasteiger partial charge in [-0.1, -0.05) is 12.1 Å². The summed E-state index contributed by atoms with van der Waals surface area (Å²) in [5, 5.41) is 9.60. The minimum atomic E-state index is -1.53. The number of benzene rings is 1. The van der Waals surface area contributed by atoms with Gasteiger partial charge in [-0.3, -0.25) is 14.5 Å². The Hall–Kier alpha value is -2.21. The van der Waals surface area contributed by atoms with Gasteiger partial charge in [-0.25, -0.2) is 4.79 Å². The number of carbonyl (C=O) groups is 3. The molecule has 0 aromatic heterocycles. The third-order valence-electron chi connectivity index (χ3n) is 2.79. The summed E-state index contributed by atoms with van der Waals surface area (Å²) < 4.78 is 4.62. The third-order valence-corrected chi connectivity index (χ3v) is 2.79. The molecule has 1 aromatic carbocycles. The summed E-state index contributed by atoms with van der Waals surface area (Å²) >= 11 is 0. The van der Waals surface area contributed by atoms with E-state index in [9.17, 15) is 19.5 Å². The van der Waals surface area contributed by atoms with E-state index < -0.39 is 30.4 Å². The maximum absolute atomic E-state index is 12.0. The van der Waals surface area contributed by atoms with Gasteiger partial charge in [-0.2, -0.15) is 0 Å². The molecule has 0 spiro atoms. The number of hydrogen-bond donors (Lipinski definition) is 1. The molecular weight excluding hydrogens is 250 g/mol. The minimum absolute atomic E-state index is 0.123. The predicted octanol–water partition coefficient (Wildman–Crippen LogP) is 0.207. The molecule has 6 heteroatoms. The van der Waals surface area contributed by atoms with Crippen LogP contribution in [0.4, 0.5) is 0 Å². The summed E-state index contributed by atoms with van der Waals surface area (Å²) in [5.41, 5.74) is 0.562. The Morgan fingerprint density at radius 1 is 1.26 bits per heavy atom. The summed E-state index contributed by atoms with van der Waals surface area (Å²) in [6, 6.07) is 6.36. The number of rotatable bonds is 4. The molecule has 1 N–H and O–H groups in total. The highest BCUT2D eigenvalue weighted by atomic mass is 16.5. The van der Waals surface area contributed by atoms with Crippen molar-refractivity contribution in [2.45, 2.75) is 13.0 Å². The summed E-state index contributed by atoms with van der Waals surface area (Å²) in [6.07, 6.45) is -1.53. The van der Waals surface area contributed by atoms with Crippen LogP contribution in [0.2, 0.25) is 0 Å². The van der Waals surface area contributed by atoms with E-state index in [4.69, 9.17) is 0 Å². The van der Waals surface area contributed by atoms with Crippen LogP contribution in [0.3, 0.4) is 0 Å². The van der Waals surface area contributed by atoms with Crippen molar-refractivity contribution < 1.29 is 24.2 Å². The van der Waals surface area contributed by atoms with Crippen molar-refractivity contribution in [1.29, 1.82) is 0 Å². The molecular formula is C13H13NO5.